The van der Waals surface area contributed by atoms with E-state index in [-0.39, 0.29) is 12.2 Å². The van der Waals surface area contributed by atoms with Gasteiger partial charge < -0.3 is 15.2 Å². The van der Waals surface area contributed by atoms with E-state index in [0.717, 1.165) is 33.7 Å². The number of aryl methyl sites for hydroxylation is 1. The molecule has 2 aromatic carbocycles. The Morgan fingerprint density at radius 3 is 2.35 bits per heavy atom. The van der Waals surface area contributed by atoms with Crippen molar-refractivity contribution in [3.63, 3.8) is 0 Å². The van der Waals surface area contributed by atoms with Crippen LogP contribution < -0.4 is 15.2 Å². The Hall–Kier alpha value is -3.34. The highest BCUT2D eigenvalue weighted by Gasteiger charge is 2.32. The number of hydrogen-bond acceptors (Lipinski definition) is 7. The molecule has 1 heterocycles. The molecule has 0 bridgehead atoms. The van der Waals surface area contributed by atoms with Crippen LogP contribution in [0.25, 0.3) is 22.8 Å². The highest BCUT2D eigenvalue weighted by molar-refractivity contribution is 7.79. The van der Waals surface area contributed by atoms with Crippen molar-refractivity contribution in [2.75, 3.05) is 19.0 Å². The number of nitrogens with zero attached hydrogens (tertiary/aromatic N) is 3. The molecular formula is C21H22N4O5S. The molecule has 0 atom stereocenters. The monoisotopic (exact) mass is 442 g/mol. The van der Waals surface area contributed by atoms with Gasteiger partial charge in [-0.3, -0.25) is 9.35 Å². The predicted octanol–water partition coefficient (Wildman–Crippen LogP) is 1.78. The van der Waals surface area contributed by atoms with E-state index in [1.165, 1.54) is 0 Å². The van der Waals surface area contributed by atoms with Gasteiger partial charge in [-0.1, -0.05) is 18.2 Å². The van der Waals surface area contributed by atoms with Gasteiger partial charge in [-0.05, 0) is 19.1 Å². The number of ketones is 1. The first-order chi connectivity index (χ1) is 14.5. The zero-order valence-corrected chi connectivity index (χ0v) is 18.0. The standard InChI is InChI=1S/C21H20N4O.H2O4S/c1-13-17(24(2)3)10-9-16-21(13)25(15-7-5-4-6-8-15)18-11-14(22)12-19(26)20(18)23-16;1-5(2,3)4/h4-11,22H,12H2,1-3H3;(H2,1,2,3,4). The van der Waals surface area contributed by atoms with Gasteiger partial charge in [-0.2, -0.15) is 0 Å². The second-order valence-corrected chi connectivity index (χ2v) is 8.09. The molecule has 0 saturated heterocycles. The first kappa shape index (κ1) is 22.3. The zero-order valence-electron chi connectivity index (χ0n) is 17.2. The van der Waals surface area contributed by atoms with Crippen molar-refractivity contribution in [1.82, 2.24) is 4.98 Å². The molecule has 3 aromatic rings. The lowest BCUT2D eigenvalue weighted by molar-refractivity contribution is -0.570. The fraction of sp³-hybridized carbons (Fsp3) is 0.190. The van der Waals surface area contributed by atoms with Gasteiger partial charge in [0.1, 0.15) is 5.52 Å². The van der Waals surface area contributed by atoms with Crippen molar-refractivity contribution in [3.05, 3.63) is 65.1 Å². The number of anilines is 1. The quantitative estimate of drug-likeness (QED) is 0.348. The summed E-state index contributed by atoms with van der Waals surface area (Å²) in [5.41, 5.74) is 12.8. The first-order valence-electron chi connectivity index (χ1n) is 9.27. The van der Waals surface area contributed by atoms with Crippen LogP contribution in [0.15, 0.2) is 48.2 Å². The van der Waals surface area contributed by atoms with Crippen LogP contribution in [0.4, 0.5) is 5.69 Å². The van der Waals surface area contributed by atoms with Crippen LogP contribution in [0.2, 0.25) is 0 Å². The largest absolute Gasteiger partial charge is 0.726 e. The molecule has 31 heavy (non-hydrogen) atoms. The molecule has 1 aliphatic carbocycles. The number of aromatic nitrogens is 2. The first-order valence-corrected chi connectivity index (χ1v) is 10.6. The lowest BCUT2D eigenvalue weighted by atomic mass is 10.0. The van der Waals surface area contributed by atoms with Crippen LogP contribution >= 0.6 is 0 Å². The van der Waals surface area contributed by atoms with E-state index in [1.54, 1.807) is 0 Å². The average molecular weight is 442 g/mol. The molecule has 4 rings (SSSR count). The van der Waals surface area contributed by atoms with E-state index < -0.39 is 10.4 Å². The van der Waals surface area contributed by atoms with Crippen molar-refractivity contribution < 1.29 is 26.9 Å². The third kappa shape index (κ3) is 4.88. The maximum atomic E-state index is 12.6. The molecule has 1 aromatic heterocycles. The summed E-state index contributed by atoms with van der Waals surface area (Å²) in [5, 5.41) is 0. The van der Waals surface area contributed by atoms with Gasteiger partial charge in [0.15, 0.2) is 11.5 Å². The fourth-order valence-corrected chi connectivity index (χ4v) is 3.62. The Morgan fingerprint density at radius 1 is 1.16 bits per heavy atom. The third-order valence-electron chi connectivity index (χ3n) is 4.77. The van der Waals surface area contributed by atoms with Crippen LogP contribution in [0, 0.1) is 6.92 Å². The lowest BCUT2D eigenvalue weighted by Gasteiger charge is -2.18. The maximum Gasteiger partial charge on any atom is 0.243 e. The minimum absolute atomic E-state index is 0.0408. The normalized spacial score (nSPS) is 13.2. The Morgan fingerprint density at radius 2 is 1.77 bits per heavy atom. The van der Waals surface area contributed by atoms with E-state index in [0.29, 0.717) is 11.4 Å². The lowest BCUT2D eigenvalue weighted by Crippen LogP contribution is -2.40. The molecule has 0 unspecified atom stereocenters. The van der Waals surface area contributed by atoms with E-state index in [4.69, 9.17) is 23.3 Å². The van der Waals surface area contributed by atoms with Gasteiger partial charge in [0.2, 0.25) is 27.3 Å². The van der Waals surface area contributed by atoms with Gasteiger partial charge in [0, 0.05) is 49.3 Å². The van der Waals surface area contributed by atoms with Crippen molar-refractivity contribution >= 4 is 39.0 Å². The van der Waals surface area contributed by atoms with E-state index in [1.807, 2.05) is 62.6 Å². The van der Waals surface area contributed by atoms with Gasteiger partial charge in [-0.15, -0.1) is 4.57 Å². The number of carbonyl (C=O) groups is 1. The van der Waals surface area contributed by atoms with E-state index in [9.17, 15) is 4.79 Å². The molecule has 0 spiro atoms. The summed E-state index contributed by atoms with van der Waals surface area (Å²) in [6, 6.07) is 14.0. The molecule has 162 valence electrons. The fourth-order valence-electron chi connectivity index (χ4n) is 3.62. The summed E-state index contributed by atoms with van der Waals surface area (Å²) in [4.78, 5) is 19.4. The second-order valence-electron chi connectivity index (χ2n) is 7.24. The van der Waals surface area contributed by atoms with E-state index >= 15 is 0 Å². The minimum Gasteiger partial charge on any atom is -0.726 e. The summed E-state index contributed by atoms with van der Waals surface area (Å²) >= 11 is 0. The third-order valence-corrected chi connectivity index (χ3v) is 4.77. The summed E-state index contributed by atoms with van der Waals surface area (Å²) in [5.74, 6) is -0.0408. The summed E-state index contributed by atoms with van der Waals surface area (Å²) in [6.07, 6.45) is 2.09. The molecule has 0 saturated carbocycles. The summed E-state index contributed by atoms with van der Waals surface area (Å²) in [7, 11) is -0.872. The molecule has 0 aliphatic heterocycles. The van der Waals surface area contributed by atoms with Crippen LogP contribution in [0.1, 0.15) is 28.2 Å². The SMILES string of the molecule is Cc1c(N(C)C)ccc2nc3c([n+](-c4ccccc4)c12)C=C(N)CC3=O.O=S(=O)([O-])O. The van der Waals surface area contributed by atoms with Crippen molar-refractivity contribution in [1.29, 1.82) is 0 Å². The number of fused-ring (bicyclic) bond motifs is 2. The summed E-state index contributed by atoms with van der Waals surface area (Å²) < 4.78 is 34.9. The molecule has 0 amide bonds. The zero-order chi connectivity index (χ0) is 22.9. The molecule has 0 fully saturated rings. The predicted molar refractivity (Wildman–Crippen MR) is 116 cm³/mol. The Balaban J connectivity index is 0.000000491. The average Bonchev–Trinajstić information content (AvgIpc) is 2.66. The maximum absolute atomic E-state index is 12.6. The van der Waals surface area contributed by atoms with Crippen molar-refractivity contribution in [2.45, 2.75) is 13.3 Å². The number of nitrogens with two attached hydrogens (primary N) is 1. The van der Waals surface area contributed by atoms with Gasteiger partial charge >= 0.3 is 0 Å². The molecule has 9 nitrogen and oxygen atoms in total. The molecule has 1 aliphatic rings. The molecular weight excluding hydrogens is 420 g/mol. The second kappa shape index (κ2) is 8.42. The molecule has 0 radical (unpaired) electrons. The van der Waals surface area contributed by atoms with Crippen LogP contribution in [0.5, 0.6) is 0 Å². The number of carbonyl (C=O) groups excluding carboxylic acids is 1. The Bertz CT molecular complexity index is 1290. The van der Waals surface area contributed by atoms with Gasteiger partial charge in [0.05, 0.1) is 6.42 Å². The van der Waals surface area contributed by atoms with Gasteiger partial charge in [-0.25, -0.2) is 13.4 Å². The van der Waals surface area contributed by atoms with Crippen LogP contribution in [0.3, 0.4) is 0 Å². The number of benzene rings is 2. The molecule has 10 heteroatoms. The van der Waals surface area contributed by atoms with Gasteiger partial charge in [0.25, 0.3) is 0 Å². The van der Waals surface area contributed by atoms with Crippen molar-refractivity contribution in [2.24, 2.45) is 5.73 Å². The summed E-state index contributed by atoms with van der Waals surface area (Å²) in [6.45, 7) is 2.09. The number of para-hydroxylation sites is 1. The van der Waals surface area contributed by atoms with Crippen LogP contribution in [-0.4, -0.2) is 42.4 Å². The number of rotatable bonds is 2. The Kier molecular flexibility index (Phi) is 6.07. The van der Waals surface area contributed by atoms with Crippen molar-refractivity contribution in [3.8, 4) is 5.69 Å². The van der Waals surface area contributed by atoms with E-state index in [2.05, 4.69) is 21.4 Å². The highest BCUT2D eigenvalue weighted by atomic mass is 32.3. The molecule has 3 N–H and O–H groups in total. The number of allylic oxidation sites excluding steroid dienone is 1. The number of hydrogen-bond donors (Lipinski definition) is 2. The number of Topliss-reactive ketones (excluding diaryl/α,β-unsaturated/α-hetero) is 1. The topological polar surface area (TPSA) is 141 Å². The highest BCUT2D eigenvalue weighted by Crippen LogP contribution is 2.28. The Labute approximate surface area is 180 Å². The minimum atomic E-state index is -4.92. The van der Waals surface area contributed by atoms with Crippen LogP contribution in [-0.2, 0) is 10.4 Å². The smallest absolute Gasteiger partial charge is 0.243 e.